The van der Waals surface area contributed by atoms with E-state index < -0.39 is 15.8 Å². The molecule has 0 aliphatic carbocycles. The number of carbonyl (C=O) groups is 2. The molecule has 0 radical (unpaired) electrons. The van der Waals surface area contributed by atoms with Crippen LogP contribution in [0, 0.1) is 47.9 Å². The second kappa shape index (κ2) is 8.65. The zero-order valence-corrected chi connectivity index (χ0v) is 15.2. The molecule has 2 aromatic rings. The van der Waals surface area contributed by atoms with E-state index in [1.165, 1.54) is 24.3 Å². The third-order valence-corrected chi connectivity index (χ3v) is 4.01. The fourth-order valence-corrected chi connectivity index (χ4v) is 2.20. The van der Waals surface area contributed by atoms with Gasteiger partial charge in [0.05, 0.1) is 15.4 Å². The van der Waals surface area contributed by atoms with Crippen LogP contribution in [-0.4, -0.2) is 27.2 Å². The van der Waals surface area contributed by atoms with Gasteiger partial charge in [-0.25, -0.2) is 4.79 Å². The van der Waals surface area contributed by atoms with E-state index in [0.717, 1.165) is 16.7 Å². The first kappa shape index (κ1) is 21.4. The summed E-state index contributed by atoms with van der Waals surface area (Å²) in [6.07, 6.45) is 0.505. The van der Waals surface area contributed by atoms with Crippen molar-refractivity contribution >= 4 is 23.6 Å². The first-order valence-corrected chi connectivity index (χ1v) is 7.69. The number of benzene rings is 2. The van der Waals surface area contributed by atoms with Crippen LogP contribution in [0.5, 0.6) is 0 Å². The summed E-state index contributed by atoms with van der Waals surface area (Å²) in [5.41, 5.74) is 2.52. The van der Waals surface area contributed by atoms with Crippen molar-refractivity contribution in [3.05, 3.63) is 77.9 Å². The van der Waals surface area contributed by atoms with E-state index in [2.05, 4.69) is 0 Å². The first-order valence-electron chi connectivity index (χ1n) is 7.69. The Morgan fingerprint density at radius 3 is 1.67 bits per heavy atom. The fraction of sp³-hybridized carbons (Fsp3) is 0.222. The molecule has 2 aromatic carbocycles. The highest BCUT2D eigenvalue weighted by Gasteiger charge is 2.20. The van der Waals surface area contributed by atoms with Gasteiger partial charge in [-0.2, -0.15) is 0 Å². The van der Waals surface area contributed by atoms with Gasteiger partial charge in [0.15, 0.2) is 6.29 Å². The third kappa shape index (κ3) is 5.18. The maximum absolute atomic E-state index is 10.7. The van der Waals surface area contributed by atoms with Crippen molar-refractivity contribution in [1.82, 2.24) is 0 Å². The Bertz CT molecular complexity index is 897. The molecule has 0 aliphatic heterocycles. The van der Waals surface area contributed by atoms with Crippen LogP contribution in [-0.2, 0) is 0 Å². The van der Waals surface area contributed by atoms with E-state index >= 15 is 0 Å². The molecule has 9 nitrogen and oxygen atoms in total. The summed E-state index contributed by atoms with van der Waals surface area (Å²) in [7, 11) is 0. The lowest BCUT2D eigenvalue weighted by atomic mass is 10.0. The number of aromatic carboxylic acids is 1. The lowest BCUT2D eigenvalue weighted by Gasteiger charge is -2.02. The number of hydrogen-bond donors (Lipinski definition) is 1. The van der Waals surface area contributed by atoms with Crippen molar-refractivity contribution in [2.75, 3.05) is 0 Å². The van der Waals surface area contributed by atoms with Crippen LogP contribution in [0.4, 0.5) is 11.4 Å². The molecule has 9 heteroatoms. The number of nitro groups is 2. The van der Waals surface area contributed by atoms with Gasteiger partial charge in [-0.3, -0.25) is 25.0 Å². The summed E-state index contributed by atoms with van der Waals surface area (Å²) in [5, 5.41) is 29.7. The van der Waals surface area contributed by atoms with E-state index in [1.807, 2.05) is 6.92 Å². The number of carboxylic acids is 1. The third-order valence-electron chi connectivity index (χ3n) is 4.01. The summed E-state index contributed by atoms with van der Waals surface area (Å²) in [5.74, 6) is -1.28. The van der Waals surface area contributed by atoms with Gasteiger partial charge >= 0.3 is 5.97 Å². The molecule has 0 bridgehead atoms. The molecule has 0 aliphatic rings. The lowest BCUT2D eigenvalue weighted by Crippen LogP contribution is -2.04. The van der Waals surface area contributed by atoms with Crippen LogP contribution in [0.3, 0.4) is 0 Å². The molecule has 0 spiro atoms. The molecule has 1 N–H and O–H groups in total. The smallest absolute Gasteiger partial charge is 0.342 e. The average Bonchev–Trinajstić information content (AvgIpc) is 2.58. The topological polar surface area (TPSA) is 141 Å². The number of nitro benzene ring substituents is 2. The number of aryl methyl sites for hydroxylation is 4. The van der Waals surface area contributed by atoms with Crippen LogP contribution in [0.1, 0.15) is 43.0 Å². The minimum Gasteiger partial charge on any atom is -0.477 e. The van der Waals surface area contributed by atoms with E-state index in [0.29, 0.717) is 11.8 Å². The summed E-state index contributed by atoms with van der Waals surface area (Å²) in [4.78, 5) is 41.0. The molecule has 0 heterocycles. The highest BCUT2D eigenvalue weighted by atomic mass is 16.6. The maximum Gasteiger partial charge on any atom is 0.342 e. The van der Waals surface area contributed by atoms with E-state index in [1.54, 1.807) is 20.8 Å². The molecule has 0 atom stereocenters. The van der Waals surface area contributed by atoms with Crippen LogP contribution in [0.25, 0.3) is 0 Å². The van der Waals surface area contributed by atoms with Gasteiger partial charge in [-0.15, -0.1) is 0 Å². The summed E-state index contributed by atoms with van der Waals surface area (Å²) in [6, 6.07) is 5.54. The quantitative estimate of drug-likeness (QED) is 0.485. The normalized spacial score (nSPS) is 9.78. The molecule has 0 aromatic heterocycles. The van der Waals surface area contributed by atoms with Gasteiger partial charge < -0.3 is 5.11 Å². The zero-order chi connectivity index (χ0) is 20.9. The summed E-state index contributed by atoms with van der Waals surface area (Å²) < 4.78 is 0. The average molecular weight is 374 g/mol. The maximum atomic E-state index is 10.7. The van der Waals surface area contributed by atoms with Crippen molar-refractivity contribution in [3.63, 3.8) is 0 Å². The minimum atomic E-state index is -1.28. The lowest BCUT2D eigenvalue weighted by molar-refractivity contribution is -0.385. The molecule has 0 unspecified atom stereocenters. The Hall–Kier alpha value is -3.62. The van der Waals surface area contributed by atoms with Crippen molar-refractivity contribution in [2.45, 2.75) is 27.7 Å². The van der Waals surface area contributed by atoms with Gasteiger partial charge in [0.25, 0.3) is 11.4 Å². The van der Waals surface area contributed by atoms with Gasteiger partial charge in [0, 0.05) is 12.1 Å². The van der Waals surface area contributed by atoms with Gasteiger partial charge in [0.1, 0.15) is 5.56 Å². The highest BCUT2D eigenvalue weighted by molar-refractivity contribution is 5.92. The standard InChI is InChI=1S/C9H9NO4.C9H9NO3/c1-5-3-7(9(11)12)8(10(13)14)4-6(5)2;1-6-3-8(5-11)9(10(12)13)4-7(6)2/h3-4H,1-2H3,(H,11,12);3-5H,1-2H3. The minimum absolute atomic E-state index is 0.127. The molecule has 0 saturated carbocycles. The summed E-state index contributed by atoms with van der Waals surface area (Å²) in [6.45, 7) is 7.00. The largest absolute Gasteiger partial charge is 0.477 e. The molecular weight excluding hydrogens is 356 g/mol. The second-order valence-electron chi connectivity index (χ2n) is 5.89. The number of carbonyl (C=O) groups excluding carboxylic acids is 1. The Balaban J connectivity index is 0.000000271. The van der Waals surface area contributed by atoms with Gasteiger partial charge in [0.2, 0.25) is 0 Å². The van der Waals surface area contributed by atoms with Crippen molar-refractivity contribution < 1.29 is 24.5 Å². The molecule has 0 fully saturated rings. The number of carboxylic acid groups (broad SMARTS) is 1. The number of hydrogen-bond acceptors (Lipinski definition) is 6. The molecule has 0 amide bonds. The predicted molar refractivity (Wildman–Crippen MR) is 97.5 cm³/mol. The highest BCUT2D eigenvalue weighted by Crippen LogP contribution is 2.23. The number of aldehydes is 1. The number of nitrogens with zero attached hydrogens (tertiary/aromatic N) is 2. The van der Waals surface area contributed by atoms with E-state index in [9.17, 15) is 29.8 Å². The van der Waals surface area contributed by atoms with E-state index in [-0.39, 0.29) is 22.5 Å². The Morgan fingerprint density at radius 1 is 0.852 bits per heavy atom. The van der Waals surface area contributed by atoms with Crippen LogP contribution in [0.2, 0.25) is 0 Å². The zero-order valence-electron chi connectivity index (χ0n) is 15.2. The second-order valence-corrected chi connectivity index (χ2v) is 5.89. The fourth-order valence-electron chi connectivity index (χ4n) is 2.20. The molecule has 0 saturated heterocycles. The van der Waals surface area contributed by atoms with Crippen molar-refractivity contribution in [2.24, 2.45) is 0 Å². The van der Waals surface area contributed by atoms with Crippen LogP contribution < -0.4 is 0 Å². The SMILES string of the molecule is Cc1cc(C(=O)O)c([N+](=O)[O-])cc1C.Cc1cc(C=O)c([N+](=O)[O-])cc1C. The monoisotopic (exact) mass is 374 g/mol. The van der Waals surface area contributed by atoms with Crippen molar-refractivity contribution in [3.8, 4) is 0 Å². The Labute approximate surface area is 154 Å². The predicted octanol–water partition coefficient (Wildman–Crippen LogP) is 3.93. The molecular formula is C18H18N2O7. The van der Waals surface area contributed by atoms with Crippen LogP contribution in [0.15, 0.2) is 24.3 Å². The van der Waals surface area contributed by atoms with Gasteiger partial charge in [-0.1, -0.05) is 0 Å². The first-order chi connectivity index (χ1) is 12.5. The number of rotatable bonds is 4. The molecule has 142 valence electrons. The summed E-state index contributed by atoms with van der Waals surface area (Å²) >= 11 is 0. The van der Waals surface area contributed by atoms with Crippen LogP contribution >= 0.6 is 0 Å². The molecule has 27 heavy (non-hydrogen) atoms. The van der Waals surface area contributed by atoms with Gasteiger partial charge in [-0.05, 0) is 62.1 Å². The Kier molecular flexibility index (Phi) is 6.87. The van der Waals surface area contributed by atoms with Crippen molar-refractivity contribution in [1.29, 1.82) is 0 Å². The van der Waals surface area contributed by atoms with E-state index in [4.69, 9.17) is 5.11 Å². The Morgan fingerprint density at radius 2 is 1.26 bits per heavy atom. The molecule has 2 rings (SSSR count).